The minimum atomic E-state index is -7.64. The monoisotopic (exact) mass is 628 g/mol. The van der Waals surface area contributed by atoms with Crippen LogP contribution in [0.3, 0.4) is 0 Å². The number of carbonyl (C=O) groups is 1. The number of alkyl halides is 12. The highest BCUT2D eigenvalue weighted by molar-refractivity contribution is 5.87. The van der Waals surface area contributed by atoms with Crippen molar-refractivity contribution < 1.29 is 72.4 Å². The van der Waals surface area contributed by atoms with Gasteiger partial charge in [0.05, 0.1) is 19.8 Å². The maximum absolute atomic E-state index is 14.1. The minimum absolute atomic E-state index is 0.149. The molecule has 0 aromatic carbocycles. The molecule has 0 aromatic heterocycles. The Morgan fingerprint density at radius 3 is 1.46 bits per heavy atom. The predicted octanol–water partition coefficient (Wildman–Crippen LogP) is 7.81. The number of unbranched alkanes of at least 4 members (excludes halogenated alkanes) is 4. The minimum Gasteiger partial charge on any atom is -0.462 e. The average Bonchev–Trinajstić information content (AvgIpc) is 2.88. The predicted molar refractivity (Wildman–Crippen MR) is 124 cm³/mol. The van der Waals surface area contributed by atoms with Gasteiger partial charge in [-0.2, -0.15) is 52.7 Å². The highest BCUT2D eigenvalue weighted by atomic mass is 19.4. The van der Waals surface area contributed by atoms with E-state index in [4.69, 9.17) is 0 Å². The van der Waals surface area contributed by atoms with Gasteiger partial charge in [0.15, 0.2) is 0 Å². The molecule has 0 saturated carbocycles. The number of hydrogen-bond acceptors (Lipinski definition) is 4. The number of aliphatic hydroxyl groups excluding tert-OH is 2. The first-order valence-corrected chi connectivity index (χ1v) is 12.8. The van der Waals surface area contributed by atoms with Gasteiger partial charge >= 0.3 is 41.5 Å². The number of esters is 1. The normalized spacial score (nSPS) is 14.3. The molecule has 0 rings (SSSR count). The van der Waals surface area contributed by atoms with E-state index in [-0.39, 0.29) is 25.7 Å². The molecule has 0 heterocycles. The largest absolute Gasteiger partial charge is 0.462 e. The molecule has 0 saturated heterocycles. The molecule has 0 amide bonds. The Morgan fingerprint density at radius 2 is 1.07 bits per heavy atom. The van der Waals surface area contributed by atoms with Gasteiger partial charge in [-0.05, 0) is 25.7 Å². The standard InChI is InChI=1S/C25H36F12O4/c1-4-6-7-8-9-11-20(26,27)22(30,31)24(34,35)25(36,37)23(32,33)21(28,29)12-10-13-41-18(40)17(3)14-19(5-2,15-38)16-39/h38-39H,3-16H2,1-2H3. The number of aliphatic hydroxyl groups is 2. The molecular weight excluding hydrogens is 592 g/mol. The molecule has 2 N–H and O–H groups in total. The molecule has 16 heteroatoms. The number of ether oxygens (including phenoxy) is 1. The van der Waals surface area contributed by atoms with Crippen LogP contribution >= 0.6 is 0 Å². The summed E-state index contributed by atoms with van der Waals surface area (Å²) in [5.41, 5.74) is -1.61. The van der Waals surface area contributed by atoms with E-state index < -0.39 is 98.0 Å². The van der Waals surface area contributed by atoms with Crippen LogP contribution in [0.2, 0.25) is 0 Å². The Balaban J connectivity index is 5.52. The van der Waals surface area contributed by atoms with Gasteiger partial charge in [-0.15, -0.1) is 0 Å². The third-order valence-electron chi connectivity index (χ3n) is 6.86. The Bertz CT molecular complexity index is 834. The van der Waals surface area contributed by atoms with Crippen LogP contribution in [0, 0.1) is 5.41 Å². The summed E-state index contributed by atoms with van der Waals surface area (Å²) in [5, 5.41) is 18.7. The zero-order valence-corrected chi connectivity index (χ0v) is 22.6. The van der Waals surface area contributed by atoms with E-state index in [9.17, 15) is 67.7 Å². The quantitative estimate of drug-likeness (QED) is 0.0589. The molecule has 0 aliphatic carbocycles. The molecule has 41 heavy (non-hydrogen) atoms. The summed E-state index contributed by atoms with van der Waals surface area (Å²) >= 11 is 0. The van der Waals surface area contributed by atoms with E-state index in [2.05, 4.69) is 11.3 Å². The number of hydrogen-bond donors (Lipinski definition) is 2. The fraction of sp³-hybridized carbons (Fsp3) is 0.880. The van der Waals surface area contributed by atoms with Crippen LogP contribution in [0.5, 0.6) is 0 Å². The van der Waals surface area contributed by atoms with Crippen LogP contribution in [0.1, 0.15) is 78.1 Å². The lowest BCUT2D eigenvalue weighted by atomic mass is 9.81. The lowest BCUT2D eigenvalue weighted by molar-refractivity contribution is -0.425. The molecule has 244 valence electrons. The third kappa shape index (κ3) is 8.44. The molecule has 0 fully saturated rings. The zero-order valence-electron chi connectivity index (χ0n) is 22.6. The molecule has 0 radical (unpaired) electrons. The molecule has 0 aliphatic heterocycles. The van der Waals surface area contributed by atoms with Crippen LogP contribution in [-0.4, -0.2) is 71.5 Å². The number of rotatable bonds is 21. The van der Waals surface area contributed by atoms with Gasteiger partial charge in [-0.1, -0.05) is 46.1 Å². The lowest BCUT2D eigenvalue weighted by Crippen LogP contribution is -2.70. The van der Waals surface area contributed by atoms with E-state index in [1.807, 2.05) is 0 Å². The third-order valence-corrected chi connectivity index (χ3v) is 6.86. The van der Waals surface area contributed by atoms with Crippen molar-refractivity contribution in [2.45, 2.75) is 114 Å². The van der Waals surface area contributed by atoms with Crippen LogP contribution in [0.25, 0.3) is 0 Å². The molecule has 0 bridgehead atoms. The highest BCUT2D eigenvalue weighted by Gasteiger charge is 2.89. The van der Waals surface area contributed by atoms with Crippen molar-refractivity contribution in [3.63, 3.8) is 0 Å². The molecule has 0 spiro atoms. The summed E-state index contributed by atoms with van der Waals surface area (Å²) < 4.78 is 173. The van der Waals surface area contributed by atoms with Crippen molar-refractivity contribution >= 4 is 5.97 Å². The van der Waals surface area contributed by atoms with E-state index in [0.717, 1.165) is 0 Å². The topological polar surface area (TPSA) is 66.8 Å². The van der Waals surface area contributed by atoms with E-state index >= 15 is 0 Å². The van der Waals surface area contributed by atoms with Crippen LogP contribution in [0.15, 0.2) is 12.2 Å². The summed E-state index contributed by atoms with van der Waals surface area (Å²) in [6.45, 7) is 4.17. The van der Waals surface area contributed by atoms with Crippen molar-refractivity contribution in [3.05, 3.63) is 12.2 Å². The fourth-order valence-corrected chi connectivity index (χ4v) is 3.71. The van der Waals surface area contributed by atoms with Gasteiger partial charge < -0.3 is 14.9 Å². The SMILES string of the molecule is C=C(CC(CC)(CO)CO)C(=O)OCCCC(F)(F)C(F)(F)C(F)(F)C(F)(F)C(F)(F)C(F)(F)CCCCCCC. The Morgan fingerprint density at radius 1 is 0.659 bits per heavy atom. The van der Waals surface area contributed by atoms with Crippen molar-refractivity contribution in [2.75, 3.05) is 19.8 Å². The van der Waals surface area contributed by atoms with Crippen molar-refractivity contribution in [2.24, 2.45) is 5.41 Å². The first kappa shape index (κ1) is 39.3. The van der Waals surface area contributed by atoms with Crippen LogP contribution in [-0.2, 0) is 9.53 Å². The van der Waals surface area contributed by atoms with E-state index in [1.165, 1.54) is 6.92 Å². The molecule has 0 aliphatic rings. The van der Waals surface area contributed by atoms with E-state index in [1.54, 1.807) is 6.92 Å². The second-order valence-corrected chi connectivity index (χ2v) is 10.1. The first-order chi connectivity index (χ1) is 18.5. The lowest BCUT2D eigenvalue weighted by Gasteiger charge is -2.41. The summed E-state index contributed by atoms with van der Waals surface area (Å²) in [6, 6.07) is 0. The maximum Gasteiger partial charge on any atom is 0.384 e. The maximum atomic E-state index is 14.1. The first-order valence-electron chi connectivity index (χ1n) is 12.8. The Kier molecular flexibility index (Phi) is 14.0. The van der Waals surface area contributed by atoms with Crippen molar-refractivity contribution in [1.29, 1.82) is 0 Å². The van der Waals surface area contributed by atoms with Gasteiger partial charge in [0.1, 0.15) is 0 Å². The van der Waals surface area contributed by atoms with Gasteiger partial charge in [0.25, 0.3) is 0 Å². The second-order valence-electron chi connectivity index (χ2n) is 10.1. The Labute approximate surface area is 230 Å². The average molecular weight is 629 g/mol. The smallest absolute Gasteiger partial charge is 0.384 e. The second kappa shape index (κ2) is 14.6. The molecular formula is C25H36F12O4. The zero-order chi connectivity index (χ0) is 32.6. The summed E-state index contributed by atoms with van der Waals surface area (Å²) in [4.78, 5) is 11.9. The fourth-order valence-electron chi connectivity index (χ4n) is 3.71. The number of carbonyl (C=O) groups excluding carboxylic acids is 1. The molecule has 0 aromatic rings. The van der Waals surface area contributed by atoms with Gasteiger partial charge in [-0.25, -0.2) is 4.79 Å². The highest BCUT2D eigenvalue weighted by Crippen LogP contribution is 2.61. The summed E-state index contributed by atoms with van der Waals surface area (Å²) in [5.74, 6) is -43.0. The van der Waals surface area contributed by atoms with Gasteiger partial charge in [0.2, 0.25) is 0 Å². The van der Waals surface area contributed by atoms with Gasteiger partial charge in [0, 0.05) is 23.8 Å². The summed E-state index contributed by atoms with van der Waals surface area (Å²) in [7, 11) is 0. The van der Waals surface area contributed by atoms with Crippen LogP contribution in [0.4, 0.5) is 52.7 Å². The number of halogens is 12. The molecule has 4 nitrogen and oxygen atoms in total. The van der Waals surface area contributed by atoms with E-state index in [0.29, 0.717) is 12.8 Å². The Hall–Kier alpha value is -1.71. The van der Waals surface area contributed by atoms with Crippen LogP contribution < -0.4 is 0 Å². The van der Waals surface area contributed by atoms with Crippen molar-refractivity contribution in [1.82, 2.24) is 0 Å². The molecule has 0 atom stereocenters. The van der Waals surface area contributed by atoms with Gasteiger partial charge in [-0.3, -0.25) is 0 Å². The van der Waals surface area contributed by atoms with Crippen molar-refractivity contribution in [3.8, 4) is 0 Å². The summed E-state index contributed by atoms with van der Waals surface area (Å²) in [6.07, 6.45) is -5.82. The molecule has 0 unspecified atom stereocenters.